The first kappa shape index (κ1) is 14.0. The van der Waals surface area contributed by atoms with Gasteiger partial charge in [-0.1, -0.05) is 20.8 Å². The number of carboxylic acids is 1. The van der Waals surface area contributed by atoms with E-state index in [1.165, 1.54) is 0 Å². The predicted octanol–water partition coefficient (Wildman–Crippen LogP) is 1.17. The van der Waals surface area contributed by atoms with E-state index < -0.39 is 18.2 Å². The lowest BCUT2D eigenvalue weighted by atomic mass is 10.0. The van der Waals surface area contributed by atoms with Crippen LogP contribution in [0.25, 0.3) is 0 Å². The van der Waals surface area contributed by atoms with Crippen molar-refractivity contribution >= 4 is 11.9 Å². The van der Waals surface area contributed by atoms with E-state index in [2.05, 4.69) is 5.32 Å². The topological polar surface area (TPSA) is 75.6 Å². The minimum atomic E-state index is -0.990. The van der Waals surface area contributed by atoms with Crippen LogP contribution in [-0.2, 0) is 14.3 Å². The molecule has 1 heterocycles. The Balaban J connectivity index is 2.46. The fourth-order valence-electron chi connectivity index (χ4n) is 2.03. The molecular weight excluding hydrogens is 222 g/mol. The van der Waals surface area contributed by atoms with Crippen LogP contribution in [0.5, 0.6) is 0 Å². The summed E-state index contributed by atoms with van der Waals surface area (Å²) in [5.41, 5.74) is 0. The maximum atomic E-state index is 11.9. The molecule has 1 unspecified atom stereocenters. The number of hydrogen-bond acceptors (Lipinski definition) is 3. The van der Waals surface area contributed by atoms with Gasteiger partial charge in [-0.25, -0.2) is 4.79 Å². The molecule has 0 radical (unpaired) electrons. The Labute approximate surface area is 102 Å². The van der Waals surface area contributed by atoms with Gasteiger partial charge in [-0.05, 0) is 25.2 Å². The number of rotatable bonds is 5. The smallest absolute Gasteiger partial charge is 0.332 e. The molecule has 0 aromatic heterocycles. The Morgan fingerprint density at radius 1 is 1.35 bits per heavy atom. The summed E-state index contributed by atoms with van der Waals surface area (Å²) in [7, 11) is 0. The number of carbonyl (C=O) groups excluding carboxylic acids is 1. The zero-order valence-electron chi connectivity index (χ0n) is 10.6. The van der Waals surface area contributed by atoms with Gasteiger partial charge in [-0.3, -0.25) is 4.79 Å². The largest absolute Gasteiger partial charge is 0.479 e. The number of carbonyl (C=O) groups is 2. The van der Waals surface area contributed by atoms with E-state index in [-0.39, 0.29) is 11.9 Å². The normalized spacial score (nSPS) is 25.9. The van der Waals surface area contributed by atoms with Gasteiger partial charge in [0, 0.05) is 6.04 Å². The molecule has 5 nitrogen and oxygen atoms in total. The van der Waals surface area contributed by atoms with Crippen LogP contribution in [0.1, 0.15) is 40.0 Å². The molecule has 2 N–H and O–H groups in total. The fourth-order valence-corrected chi connectivity index (χ4v) is 2.03. The standard InChI is InChI=1S/C12H21NO4/c1-4-8(7(2)3)13-11(14)9-5-6-10(17-9)12(15)16/h7-10H,4-6H2,1-3H3,(H,13,14)(H,15,16)/t8?,9-,10+/m0/s1. The molecule has 0 aliphatic carbocycles. The first-order valence-electron chi connectivity index (χ1n) is 6.14. The summed E-state index contributed by atoms with van der Waals surface area (Å²) >= 11 is 0. The summed E-state index contributed by atoms with van der Waals surface area (Å²) in [6, 6.07) is 0.120. The Kier molecular flexibility index (Phi) is 4.93. The van der Waals surface area contributed by atoms with Gasteiger partial charge in [0.1, 0.15) is 6.10 Å². The van der Waals surface area contributed by atoms with Crippen molar-refractivity contribution in [3.05, 3.63) is 0 Å². The lowest BCUT2D eigenvalue weighted by molar-refractivity contribution is -0.152. The third kappa shape index (κ3) is 3.70. The zero-order chi connectivity index (χ0) is 13.0. The van der Waals surface area contributed by atoms with Gasteiger partial charge in [0.15, 0.2) is 6.10 Å². The second kappa shape index (κ2) is 6.00. The van der Waals surface area contributed by atoms with E-state index in [0.29, 0.717) is 18.8 Å². The minimum Gasteiger partial charge on any atom is -0.479 e. The van der Waals surface area contributed by atoms with E-state index in [9.17, 15) is 9.59 Å². The number of aliphatic carboxylic acids is 1. The van der Waals surface area contributed by atoms with E-state index in [4.69, 9.17) is 9.84 Å². The van der Waals surface area contributed by atoms with E-state index in [1.54, 1.807) is 0 Å². The molecule has 0 spiro atoms. The average molecular weight is 243 g/mol. The molecule has 0 saturated carbocycles. The highest BCUT2D eigenvalue weighted by Crippen LogP contribution is 2.20. The number of ether oxygens (including phenoxy) is 1. The first-order valence-corrected chi connectivity index (χ1v) is 6.14. The van der Waals surface area contributed by atoms with E-state index in [0.717, 1.165) is 6.42 Å². The van der Waals surface area contributed by atoms with Crippen LogP contribution in [0.3, 0.4) is 0 Å². The van der Waals surface area contributed by atoms with Gasteiger partial charge in [0.2, 0.25) is 5.91 Å². The Morgan fingerprint density at radius 3 is 2.35 bits per heavy atom. The van der Waals surface area contributed by atoms with Gasteiger partial charge >= 0.3 is 5.97 Å². The maximum Gasteiger partial charge on any atom is 0.332 e. The van der Waals surface area contributed by atoms with Gasteiger partial charge in [0.05, 0.1) is 0 Å². The Bertz CT molecular complexity index is 290. The molecule has 1 fully saturated rings. The summed E-state index contributed by atoms with van der Waals surface area (Å²) in [4.78, 5) is 22.6. The summed E-state index contributed by atoms with van der Waals surface area (Å²) in [6.07, 6.45) is 0.315. The molecular formula is C12H21NO4. The van der Waals surface area contributed by atoms with E-state index >= 15 is 0 Å². The van der Waals surface area contributed by atoms with E-state index in [1.807, 2.05) is 20.8 Å². The van der Waals surface area contributed by atoms with Crippen molar-refractivity contribution < 1.29 is 19.4 Å². The highest BCUT2D eigenvalue weighted by molar-refractivity contribution is 5.82. The molecule has 0 bridgehead atoms. The molecule has 1 saturated heterocycles. The third-order valence-electron chi connectivity index (χ3n) is 3.16. The van der Waals surface area contributed by atoms with Crippen molar-refractivity contribution in [2.24, 2.45) is 5.92 Å². The molecule has 98 valence electrons. The Morgan fingerprint density at radius 2 is 1.94 bits per heavy atom. The molecule has 0 aromatic rings. The number of amides is 1. The van der Waals surface area contributed by atoms with Crippen LogP contribution in [-0.4, -0.2) is 35.2 Å². The molecule has 1 amide bonds. The van der Waals surface area contributed by atoms with Crippen LogP contribution in [0.4, 0.5) is 0 Å². The fraction of sp³-hybridized carbons (Fsp3) is 0.833. The molecule has 0 aromatic carbocycles. The second-order valence-corrected chi connectivity index (χ2v) is 4.80. The highest BCUT2D eigenvalue weighted by Gasteiger charge is 2.35. The third-order valence-corrected chi connectivity index (χ3v) is 3.16. The van der Waals surface area contributed by atoms with Crippen molar-refractivity contribution in [1.82, 2.24) is 5.32 Å². The minimum absolute atomic E-state index is 0.120. The zero-order valence-corrected chi connectivity index (χ0v) is 10.6. The second-order valence-electron chi connectivity index (χ2n) is 4.80. The predicted molar refractivity (Wildman–Crippen MR) is 62.6 cm³/mol. The maximum absolute atomic E-state index is 11.9. The van der Waals surface area contributed by atoms with Crippen LogP contribution >= 0.6 is 0 Å². The van der Waals surface area contributed by atoms with Crippen molar-refractivity contribution in [1.29, 1.82) is 0 Å². The number of hydrogen-bond donors (Lipinski definition) is 2. The van der Waals surface area contributed by atoms with Gasteiger partial charge in [0.25, 0.3) is 0 Å². The van der Waals surface area contributed by atoms with Crippen LogP contribution in [0, 0.1) is 5.92 Å². The molecule has 3 atom stereocenters. The van der Waals surface area contributed by atoms with Crippen molar-refractivity contribution in [3.8, 4) is 0 Å². The van der Waals surface area contributed by atoms with Crippen molar-refractivity contribution in [2.75, 3.05) is 0 Å². The first-order chi connectivity index (χ1) is 7.95. The Hall–Kier alpha value is -1.10. The molecule has 17 heavy (non-hydrogen) atoms. The lowest BCUT2D eigenvalue weighted by Crippen LogP contribution is -2.43. The summed E-state index contributed by atoms with van der Waals surface area (Å²) in [6.45, 7) is 6.11. The van der Waals surface area contributed by atoms with Crippen LogP contribution < -0.4 is 5.32 Å². The van der Waals surface area contributed by atoms with Gasteiger partial charge in [-0.15, -0.1) is 0 Å². The summed E-state index contributed by atoms with van der Waals surface area (Å²) in [5, 5.41) is 11.7. The molecule has 1 aliphatic rings. The summed E-state index contributed by atoms with van der Waals surface area (Å²) < 4.78 is 5.20. The SMILES string of the molecule is CCC(NC(=O)[C@@H]1CC[C@H](C(=O)O)O1)C(C)C. The lowest BCUT2D eigenvalue weighted by Gasteiger charge is -2.22. The molecule has 1 rings (SSSR count). The monoisotopic (exact) mass is 243 g/mol. The summed E-state index contributed by atoms with van der Waals surface area (Å²) in [5.74, 6) is -0.814. The van der Waals surface area contributed by atoms with Crippen LogP contribution in [0.2, 0.25) is 0 Å². The van der Waals surface area contributed by atoms with Gasteiger partial charge < -0.3 is 15.2 Å². The molecule has 1 aliphatic heterocycles. The highest BCUT2D eigenvalue weighted by atomic mass is 16.5. The van der Waals surface area contributed by atoms with Crippen LogP contribution in [0.15, 0.2) is 0 Å². The average Bonchev–Trinajstić information content (AvgIpc) is 2.74. The van der Waals surface area contributed by atoms with Gasteiger partial charge in [-0.2, -0.15) is 0 Å². The molecule has 5 heteroatoms. The number of carboxylic acid groups (broad SMARTS) is 1. The quantitative estimate of drug-likeness (QED) is 0.760. The van der Waals surface area contributed by atoms with Crippen molar-refractivity contribution in [3.63, 3.8) is 0 Å². The van der Waals surface area contributed by atoms with Crippen molar-refractivity contribution in [2.45, 2.75) is 58.3 Å². The number of nitrogens with one attached hydrogen (secondary N) is 1.